The third-order valence-corrected chi connectivity index (χ3v) is 2.99. The van der Waals surface area contributed by atoms with Gasteiger partial charge in [0.05, 0.1) is 12.6 Å². The van der Waals surface area contributed by atoms with Gasteiger partial charge < -0.3 is 10.6 Å². The number of benzene rings is 2. The lowest BCUT2D eigenvalue weighted by atomic mass is 10.1. The number of anilines is 1. The number of nitrogens with one attached hydrogen (secondary N) is 2. The van der Waals surface area contributed by atoms with Crippen LogP contribution in [0.15, 0.2) is 42.5 Å². The van der Waals surface area contributed by atoms with E-state index in [9.17, 15) is 18.0 Å². The molecule has 0 radical (unpaired) electrons. The molecular formula is C16H12F3N3O. The van der Waals surface area contributed by atoms with E-state index in [0.717, 1.165) is 12.1 Å². The Morgan fingerprint density at radius 1 is 1.13 bits per heavy atom. The van der Waals surface area contributed by atoms with Gasteiger partial charge in [0.1, 0.15) is 23.5 Å². The SMILES string of the molecule is N#CC(NC(=O)CNc1cccc(F)c1)c1ccc(F)cc1F. The van der Waals surface area contributed by atoms with Crippen LogP contribution < -0.4 is 10.6 Å². The third-order valence-electron chi connectivity index (χ3n) is 2.99. The van der Waals surface area contributed by atoms with Crippen molar-refractivity contribution in [2.24, 2.45) is 0 Å². The van der Waals surface area contributed by atoms with Gasteiger partial charge in [-0.15, -0.1) is 0 Å². The van der Waals surface area contributed by atoms with Crippen LogP contribution in [0.1, 0.15) is 11.6 Å². The molecule has 1 atom stereocenters. The Morgan fingerprint density at radius 2 is 1.87 bits per heavy atom. The van der Waals surface area contributed by atoms with E-state index in [1.54, 1.807) is 12.1 Å². The van der Waals surface area contributed by atoms with Crippen LogP contribution in [0.25, 0.3) is 0 Å². The summed E-state index contributed by atoms with van der Waals surface area (Å²) in [4.78, 5) is 11.8. The Labute approximate surface area is 130 Å². The van der Waals surface area contributed by atoms with Crippen molar-refractivity contribution in [2.75, 3.05) is 11.9 Å². The molecule has 0 heterocycles. The molecule has 0 aromatic heterocycles. The Kier molecular flexibility index (Phi) is 5.20. The van der Waals surface area contributed by atoms with Crippen molar-refractivity contribution in [1.82, 2.24) is 5.32 Å². The van der Waals surface area contributed by atoms with E-state index < -0.39 is 29.4 Å². The fourth-order valence-electron chi connectivity index (χ4n) is 1.91. The largest absolute Gasteiger partial charge is 0.376 e. The van der Waals surface area contributed by atoms with Gasteiger partial charge in [0.2, 0.25) is 5.91 Å². The van der Waals surface area contributed by atoms with Gasteiger partial charge in [-0.3, -0.25) is 4.79 Å². The van der Waals surface area contributed by atoms with E-state index in [0.29, 0.717) is 11.8 Å². The minimum absolute atomic E-state index is 0.131. The Hall–Kier alpha value is -3.01. The summed E-state index contributed by atoms with van der Waals surface area (Å²) in [6, 6.07) is 8.72. The van der Waals surface area contributed by atoms with Crippen molar-refractivity contribution >= 4 is 11.6 Å². The lowest BCUT2D eigenvalue weighted by Gasteiger charge is -2.13. The Balaban J connectivity index is 1.99. The lowest BCUT2D eigenvalue weighted by molar-refractivity contribution is -0.119. The van der Waals surface area contributed by atoms with Crippen molar-refractivity contribution in [1.29, 1.82) is 5.26 Å². The number of amides is 1. The molecule has 7 heteroatoms. The third kappa shape index (κ3) is 4.48. The first-order valence-electron chi connectivity index (χ1n) is 6.63. The molecule has 4 nitrogen and oxygen atoms in total. The molecule has 0 fully saturated rings. The normalized spacial score (nSPS) is 11.4. The lowest BCUT2D eigenvalue weighted by Crippen LogP contribution is -2.33. The predicted octanol–water partition coefficient (Wildman–Crippen LogP) is 2.90. The number of hydrogen-bond acceptors (Lipinski definition) is 3. The average Bonchev–Trinajstić information content (AvgIpc) is 2.51. The molecule has 2 aromatic carbocycles. The highest BCUT2D eigenvalue weighted by Gasteiger charge is 2.18. The van der Waals surface area contributed by atoms with Crippen molar-refractivity contribution in [3.63, 3.8) is 0 Å². The highest BCUT2D eigenvalue weighted by atomic mass is 19.1. The summed E-state index contributed by atoms with van der Waals surface area (Å²) in [7, 11) is 0. The first kappa shape index (κ1) is 16.4. The molecule has 0 saturated heterocycles. The topological polar surface area (TPSA) is 64.9 Å². The fourth-order valence-corrected chi connectivity index (χ4v) is 1.91. The molecule has 0 saturated carbocycles. The summed E-state index contributed by atoms with van der Waals surface area (Å²) < 4.78 is 39.5. The van der Waals surface area contributed by atoms with E-state index in [4.69, 9.17) is 5.26 Å². The fraction of sp³-hybridized carbons (Fsp3) is 0.125. The zero-order valence-electron chi connectivity index (χ0n) is 11.8. The van der Waals surface area contributed by atoms with Crippen LogP contribution in [0.3, 0.4) is 0 Å². The maximum atomic E-state index is 13.6. The number of hydrogen-bond donors (Lipinski definition) is 2. The van der Waals surface area contributed by atoms with Gasteiger partial charge >= 0.3 is 0 Å². The summed E-state index contributed by atoms with van der Waals surface area (Å²) in [6.07, 6.45) is 0. The zero-order chi connectivity index (χ0) is 16.8. The van der Waals surface area contributed by atoms with Gasteiger partial charge in [0, 0.05) is 17.3 Å². The molecule has 0 bridgehead atoms. The van der Waals surface area contributed by atoms with Crippen molar-refractivity contribution in [3.8, 4) is 6.07 Å². The first-order valence-corrected chi connectivity index (χ1v) is 6.63. The van der Waals surface area contributed by atoms with Gasteiger partial charge in [-0.2, -0.15) is 5.26 Å². The number of halogens is 3. The number of nitrogens with zero attached hydrogens (tertiary/aromatic N) is 1. The van der Waals surface area contributed by atoms with Gasteiger partial charge in [-0.25, -0.2) is 13.2 Å². The average molecular weight is 319 g/mol. The zero-order valence-corrected chi connectivity index (χ0v) is 11.8. The van der Waals surface area contributed by atoms with E-state index in [2.05, 4.69) is 10.6 Å². The smallest absolute Gasteiger partial charge is 0.240 e. The van der Waals surface area contributed by atoms with Crippen LogP contribution in [0.2, 0.25) is 0 Å². The van der Waals surface area contributed by atoms with Crippen molar-refractivity contribution in [2.45, 2.75) is 6.04 Å². The quantitative estimate of drug-likeness (QED) is 0.890. The van der Waals surface area contributed by atoms with Crippen molar-refractivity contribution < 1.29 is 18.0 Å². The van der Waals surface area contributed by atoms with Gasteiger partial charge in [0.25, 0.3) is 0 Å². The molecule has 2 aromatic rings. The molecule has 118 valence electrons. The highest BCUT2D eigenvalue weighted by Crippen LogP contribution is 2.17. The Bertz CT molecular complexity index is 758. The van der Waals surface area contributed by atoms with Crippen LogP contribution in [0.5, 0.6) is 0 Å². The molecule has 0 aliphatic heterocycles. The number of rotatable bonds is 5. The molecule has 0 spiro atoms. The second-order valence-corrected chi connectivity index (χ2v) is 4.66. The Morgan fingerprint density at radius 3 is 2.52 bits per heavy atom. The summed E-state index contributed by atoms with van der Waals surface area (Å²) in [5.74, 6) is -2.75. The maximum absolute atomic E-state index is 13.6. The van der Waals surface area contributed by atoms with Crippen LogP contribution >= 0.6 is 0 Å². The number of carbonyl (C=O) groups is 1. The maximum Gasteiger partial charge on any atom is 0.240 e. The summed E-state index contributed by atoms with van der Waals surface area (Å²) in [5.41, 5.74) is 0.259. The molecule has 1 unspecified atom stereocenters. The standard InChI is InChI=1S/C16H12F3N3O/c17-10-2-1-3-12(6-10)21-9-16(23)22-15(8-20)13-5-4-11(18)7-14(13)19/h1-7,15,21H,9H2,(H,22,23). The summed E-state index contributed by atoms with van der Waals surface area (Å²) >= 11 is 0. The molecule has 0 aliphatic rings. The second kappa shape index (κ2) is 7.31. The second-order valence-electron chi connectivity index (χ2n) is 4.66. The van der Waals surface area contributed by atoms with Gasteiger partial charge in [-0.1, -0.05) is 12.1 Å². The van der Waals surface area contributed by atoms with E-state index in [1.807, 2.05) is 0 Å². The molecule has 2 N–H and O–H groups in total. The van der Waals surface area contributed by atoms with Crippen molar-refractivity contribution in [3.05, 3.63) is 65.5 Å². The van der Waals surface area contributed by atoms with Crippen LogP contribution in [-0.2, 0) is 4.79 Å². The van der Waals surface area contributed by atoms with Crippen LogP contribution in [-0.4, -0.2) is 12.5 Å². The molecular weight excluding hydrogens is 307 g/mol. The highest BCUT2D eigenvalue weighted by molar-refractivity contribution is 5.81. The van der Waals surface area contributed by atoms with Gasteiger partial charge in [-0.05, 0) is 24.3 Å². The van der Waals surface area contributed by atoms with Crippen LogP contribution in [0, 0.1) is 28.8 Å². The van der Waals surface area contributed by atoms with Gasteiger partial charge in [0.15, 0.2) is 0 Å². The number of nitriles is 1. The summed E-state index contributed by atoms with van der Waals surface area (Å²) in [5, 5.41) is 14.0. The molecule has 23 heavy (non-hydrogen) atoms. The monoisotopic (exact) mass is 319 g/mol. The molecule has 2 rings (SSSR count). The van der Waals surface area contributed by atoms with E-state index in [-0.39, 0.29) is 12.1 Å². The van der Waals surface area contributed by atoms with E-state index in [1.165, 1.54) is 18.2 Å². The minimum Gasteiger partial charge on any atom is -0.376 e. The first-order chi connectivity index (χ1) is 11.0. The van der Waals surface area contributed by atoms with Crippen LogP contribution in [0.4, 0.5) is 18.9 Å². The number of carbonyl (C=O) groups excluding carboxylic acids is 1. The van der Waals surface area contributed by atoms with E-state index >= 15 is 0 Å². The molecule has 0 aliphatic carbocycles. The summed E-state index contributed by atoms with van der Waals surface area (Å²) in [6.45, 7) is -0.232. The molecule has 1 amide bonds. The predicted molar refractivity (Wildman–Crippen MR) is 77.7 cm³/mol. The minimum atomic E-state index is -1.25.